The molecule has 0 aromatic rings. The van der Waals surface area contributed by atoms with E-state index in [1.165, 1.54) is 0 Å². The summed E-state index contributed by atoms with van der Waals surface area (Å²) in [7, 11) is 0. The summed E-state index contributed by atoms with van der Waals surface area (Å²) in [6.07, 6.45) is -13.6. The summed E-state index contributed by atoms with van der Waals surface area (Å²) in [4.78, 5) is 13.4. The van der Waals surface area contributed by atoms with Crippen LogP contribution >= 0.6 is 0 Å². The van der Waals surface area contributed by atoms with Crippen molar-refractivity contribution in [3.05, 3.63) is 10.1 Å². The average Bonchev–Trinajstić information content (AvgIpc) is 2.57. The van der Waals surface area contributed by atoms with Crippen LogP contribution in [0.3, 0.4) is 0 Å². The minimum Gasteiger partial charge on any atom is -0.333 e. The molecule has 0 saturated carbocycles. The van der Waals surface area contributed by atoms with E-state index < -0.39 is 42.5 Å². The van der Waals surface area contributed by atoms with E-state index >= 15 is 0 Å². The van der Waals surface area contributed by atoms with Crippen molar-refractivity contribution in [3.8, 4) is 0 Å². The Balaban J connectivity index is 2.83. The van der Waals surface area contributed by atoms with Crippen molar-refractivity contribution in [2.24, 2.45) is 0 Å². The molecule has 0 amide bonds. The third-order valence-electron chi connectivity index (χ3n) is 1.92. The van der Waals surface area contributed by atoms with Crippen LogP contribution in [0.25, 0.3) is 0 Å². The van der Waals surface area contributed by atoms with E-state index in [0.29, 0.717) is 0 Å². The molecule has 6 nitrogen and oxygen atoms in total. The van der Waals surface area contributed by atoms with Gasteiger partial charge in [0, 0.05) is 0 Å². The Bertz CT molecular complexity index is 313. The van der Waals surface area contributed by atoms with Gasteiger partial charge in [-0.3, -0.25) is 0 Å². The molecule has 0 aliphatic carbocycles. The Morgan fingerprint density at radius 1 is 1.28 bits per heavy atom. The second-order valence-electron chi connectivity index (χ2n) is 3.18. The van der Waals surface area contributed by atoms with Crippen LogP contribution in [0.1, 0.15) is 0 Å². The van der Waals surface area contributed by atoms with Crippen LogP contribution in [0, 0.1) is 10.1 Å². The van der Waals surface area contributed by atoms with E-state index in [4.69, 9.17) is 0 Å². The van der Waals surface area contributed by atoms with E-state index in [2.05, 4.69) is 14.3 Å². The van der Waals surface area contributed by atoms with Gasteiger partial charge in [-0.25, -0.2) is 0 Å². The number of ether oxygens (including phenoxy) is 2. The molecule has 1 saturated heterocycles. The number of hydrogen-bond donors (Lipinski definition) is 0. The topological polar surface area (TPSA) is 70.8 Å². The van der Waals surface area contributed by atoms with Gasteiger partial charge >= 0.3 is 18.1 Å². The van der Waals surface area contributed by atoms with Crippen LogP contribution < -0.4 is 0 Å². The number of halogens is 6. The first-order chi connectivity index (χ1) is 7.99. The number of nitrogens with zero attached hydrogens (tertiary/aromatic N) is 1. The zero-order chi connectivity index (χ0) is 14.2. The van der Waals surface area contributed by atoms with Crippen molar-refractivity contribution in [2.45, 2.75) is 24.2 Å². The molecule has 1 rings (SSSR count). The molecule has 12 heteroatoms. The zero-order valence-corrected chi connectivity index (χ0v) is 8.25. The van der Waals surface area contributed by atoms with Gasteiger partial charge in [-0.15, -0.1) is 10.1 Å². The minimum absolute atomic E-state index is 1.10. The van der Waals surface area contributed by atoms with Crippen molar-refractivity contribution >= 4 is 0 Å². The van der Waals surface area contributed by atoms with E-state index in [-0.39, 0.29) is 0 Å². The fourth-order valence-corrected chi connectivity index (χ4v) is 1.20. The fraction of sp³-hybridized carbons (Fsp3) is 1.00. The Hall–Kier alpha value is -1.30. The lowest BCUT2D eigenvalue weighted by atomic mass is 10.2. The molecule has 0 bridgehead atoms. The van der Waals surface area contributed by atoms with E-state index in [1.54, 1.807) is 0 Å². The maximum atomic E-state index is 12.3. The highest BCUT2D eigenvalue weighted by Crippen LogP contribution is 2.49. The van der Waals surface area contributed by atoms with Crippen molar-refractivity contribution in [2.75, 3.05) is 13.2 Å². The highest BCUT2D eigenvalue weighted by atomic mass is 19.4. The predicted molar refractivity (Wildman–Crippen MR) is 38.6 cm³/mol. The third-order valence-corrected chi connectivity index (χ3v) is 1.92. The van der Waals surface area contributed by atoms with Crippen molar-refractivity contribution < 1.29 is 45.7 Å². The molecule has 1 atom stereocenters. The molecule has 18 heavy (non-hydrogen) atoms. The SMILES string of the molecule is O=[N+]([O-])OCC1COC(C(F)(F)F)(C(F)(F)F)O1. The summed E-state index contributed by atoms with van der Waals surface area (Å²) >= 11 is 0. The van der Waals surface area contributed by atoms with Gasteiger partial charge in [0.1, 0.15) is 12.7 Å². The summed E-state index contributed by atoms with van der Waals surface area (Å²) in [6.45, 7) is -2.23. The van der Waals surface area contributed by atoms with Crippen LogP contribution in [0.4, 0.5) is 26.3 Å². The molecule has 1 fully saturated rings. The van der Waals surface area contributed by atoms with Crippen LogP contribution in [0.2, 0.25) is 0 Å². The third kappa shape index (κ3) is 2.58. The first kappa shape index (κ1) is 14.8. The van der Waals surface area contributed by atoms with Crippen molar-refractivity contribution in [1.82, 2.24) is 0 Å². The van der Waals surface area contributed by atoms with Gasteiger partial charge in [0.05, 0.1) is 6.61 Å². The first-order valence-electron chi connectivity index (χ1n) is 4.22. The molecule has 0 spiro atoms. The highest BCUT2D eigenvalue weighted by molar-refractivity contribution is 4.92. The summed E-state index contributed by atoms with van der Waals surface area (Å²) in [6, 6.07) is 0. The fourth-order valence-electron chi connectivity index (χ4n) is 1.20. The minimum atomic E-state index is -5.87. The molecule has 106 valence electrons. The lowest BCUT2D eigenvalue weighted by Crippen LogP contribution is -2.58. The standard InChI is InChI=1S/C6H5F6NO5/c7-5(8,9)4(6(10,11)12)16-1-3(18-4)2-17-13(14)15/h3H,1-2H2. The lowest BCUT2D eigenvalue weighted by Gasteiger charge is -2.31. The number of rotatable bonds is 3. The molecule has 0 N–H and O–H groups in total. The largest absolute Gasteiger partial charge is 0.453 e. The Kier molecular flexibility index (Phi) is 3.63. The number of hydrogen-bond acceptors (Lipinski definition) is 5. The average molecular weight is 285 g/mol. The maximum Gasteiger partial charge on any atom is 0.453 e. The monoisotopic (exact) mass is 285 g/mol. The van der Waals surface area contributed by atoms with Crippen LogP contribution in [0.5, 0.6) is 0 Å². The summed E-state index contributed by atoms with van der Waals surface area (Å²) in [5.41, 5.74) is 0. The van der Waals surface area contributed by atoms with Gasteiger partial charge in [0.15, 0.2) is 0 Å². The maximum absolute atomic E-state index is 12.3. The molecule has 0 aromatic carbocycles. The molecule has 0 aromatic heterocycles. The highest BCUT2D eigenvalue weighted by Gasteiger charge is 2.77. The predicted octanol–water partition coefficient (Wildman–Crippen LogP) is 1.43. The normalized spacial score (nSPS) is 24.0. The summed E-state index contributed by atoms with van der Waals surface area (Å²) in [5, 5.41) is 8.38. The molecule has 1 aliphatic heterocycles. The quantitative estimate of drug-likeness (QED) is 0.445. The smallest absolute Gasteiger partial charge is 0.333 e. The molecular formula is C6H5F6NO5. The van der Waals surface area contributed by atoms with Crippen molar-refractivity contribution in [1.29, 1.82) is 0 Å². The summed E-state index contributed by atoms with van der Waals surface area (Å²) < 4.78 is 81.4. The molecule has 1 heterocycles. The van der Waals surface area contributed by atoms with Crippen LogP contribution in [-0.2, 0) is 14.3 Å². The Morgan fingerprint density at radius 2 is 1.78 bits per heavy atom. The van der Waals surface area contributed by atoms with E-state index in [9.17, 15) is 36.5 Å². The van der Waals surface area contributed by atoms with Gasteiger partial charge in [-0.2, -0.15) is 26.3 Å². The van der Waals surface area contributed by atoms with Gasteiger partial charge < -0.3 is 14.3 Å². The lowest BCUT2D eigenvalue weighted by molar-refractivity contribution is -0.759. The zero-order valence-electron chi connectivity index (χ0n) is 8.25. The second-order valence-corrected chi connectivity index (χ2v) is 3.18. The van der Waals surface area contributed by atoms with Crippen LogP contribution in [0.15, 0.2) is 0 Å². The van der Waals surface area contributed by atoms with E-state index in [1.807, 2.05) is 0 Å². The van der Waals surface area contributed by atoms with Gasteiger partial charge in [-0.1, -0.05) is 0 Å². The van der Waals surface area contributed by atoms with Crippen LogP contribution in [-0.4, -0.2) is 42.5 Å². The van der Waals surface area contributed by atoms with Gasteiger partial charge in [-0.05, 0) is 0 Å². The molecular weight excluding hydrogens is 280 g/mol. The molecule has 0 radical (unpaired) electrons. The van der Waals surface area contributed by atoms with Gasteiger partial charge in [0.25, 0.3) is 5.09 Å². The first-order valence-corrected chi connectivity index (χ1v) is 4.22. The molecule has 1 unspecified atom stereocenters. The Labute approximate surface area is 94.5 Å². The summed E-state index contributed by atoms with van der Waals surface area (Å²) in [5.74, 6) is -4.77. The molecule has 1 aliphatic rings. The Morgan fingerprint density at radius 3 is 2.11 bits per heavy atom. The van der Waals surface area contributed by atoms with Gasteiger partial charge in [0.2, 0.25) is 0 Å². The van der Waals surface area contributed by atoms with E-state index in [0.717, 1.165) is 0 Å². The number of alkyl halides is 6. The second kappa shape index (κ2) is 4.42. The van der Waals surface area contributed by atoms with Crippen molar-refractivity contribution in [3.63, 3.8) is 0 Å².